The van der Waals surface area contributed by atoms with E-state index < -0.39 is 12.0 Å². The van der Waals surface area contributed by atoms with Crippen LogP contribution in [-0.2, 0) is 16.0 Å². The number of carboxylic acid groups (broad SMARTS) is 1. The van der Waals surface area contributed by atoms with Crippen LogP contribution in [0.1, 0.15) is 18.5 Å². The van der Waals surface area contributed by atoms with Crippen LogP contribution < -0.4 is 0 Å². The van der Waals surface area contributed by atoms with Crippen LogP contribution in [0.15, 0.2) is 28.4 Å². The number of hydrogen-bond donors (Lipinski definition) is 1. The van der Waals surface area contributed by atoms with Crippen molar-refractivity contribution in [3.05, 3.63) is 29.7 Å². The fraction of sp³-hybridized carbons (Fsp3) is 0.357. The maximum absolute atomic E-state index is 12.2. The molecule has 0 bridgehead atoms. The summed E-state index contributed by atoms with van der Waals surface area (Å²) in [5, 5.41) is 11.7. The first-order valence-corrected chi connectivity index (χ1v) is 7.52. The van der Waals surface area contributed by atoms with Gasteiger partial charge in [0.1, 0.15) is 17.3 Å². The molecule has 0 saturated carbocycles. The number of furan rings is 1. The highest BCUT2D eigenvalue weighted by Crippen LogP contribution is 2.25. The number of carbonyl (C=O) groups excluding carboxylic acids is 1. The normalized spacial score (nSPS) is 18.1. The lowest BCUT2D eigenvalue weighted by molar-refractivity contribution is -0.148. The molecule has 3 rings (SSSR count). The second-order valence-electron chi connectivity index (χ2n) is 4.92. The molecule has 0 unspecified atom stereocenters. The highest BCUT2D eigenvalue weighted by molar-refractivity contribution is 7.13. The van der Waals surface area contributed by atoms with E-state index in [0.717, 1.165) is 17.0 Å². The molecule has 110 valence electrons. The number of nitrogens with zero attached hydrogens (tertiary/aromatic N) is 2. The summed E-state index contributed by atoms with van der Waals surface area (Å²) in [6.45, 7) is 0.508. The third-order valence-electron chi connectivity index (χ3n) is 3.51. The van der Waals surface area contributed by atoms with Crippen LogP contribution in [0.2, 0.25) is 0 Å². The molecule has 1 N–H and O–H groups in total. The van der Waals surface area contributed by atoms with Gasteiger partial charge in [-0.2, -0.15) is 0 Å². The van der Waals surface area contributed by atoms with Gasteiger partial charge in [0.05, 0.1) is 18.4 Å². The number of carbonyl (C=O) groups is 2. The van der Waals surface area contributed by atoms with Crippen LogP contribution in [0.5, 0.6) is 0 Å². The van der Waals surface area contributed by atoms with Crippen molar-refractivity contribution in [1.82, 2.24) is 9.88 Å². The Labute approximate surface area is 125 Å². The number of likely N-dealkylation sites (tertiary alicyclic amines) is 1. The van der Waals surface area contributed by atoms with E-state index in [9.17, 15) is 9.59 Å². The molecule has 7 heteroatoms. The summed E-state index contributed by atoms with van der Waals surface area (Å²) >= 11 is 1.44. The molecule has 1 aliphatic rings. The van der Waals surface area contributed by atoms with Gasteiger partial charge in [-0.3, -0.25) is 4.79 Å². The van der Waals surface area contributed by atoms with Crippen molar-refractivity contribution in [2.45, 2.75) is 25.3 Å². The van der Waals surface area contributed by atoms with Crippen molar-refractivity contribution < 1.29 is 19.1 Å². The molecule has 2 aromatic rings. The van der Waals surface area contributed by atoms with Crippen molar-refractivity contribution in [1.29, 1.82) is 0 Å². The molecule has 21 heavy (non-hydrogen) atoms. The Kier molecular flexibility index (Phi) is 3.74. The molecule has 0 aromatic carbocycles. The van der Waals surface area contributed by atoms with Gasteiger partial charge >= 0.3 is 5.97 Å². The Bertz CT molecular complexity index is 650. The zero-order valence-electron chi connectivity index (χ0n) is 11.2. The van der Waals surface area contributed by atoms with Crippen molar-refractivity contribution in [3.63, 3.8) is 0 Å². The van der Waals surface area contributed by atoms with E-state index in [1.54, 1.807) is 12.5 Å². The van der Waals surface area contributed by atoms with E-state index in [1.807, 2.05) is 11.4 Å². The number of rotatable bonds is 4. The minimum absolute atomic E-state index is 0.137. The Balaban J connectivity index is 1.69. The van der Waals surface area contributed by atoms with Gasteiger partial charge < -0.3 is 14.4 Å². The van der Waals surface area contributed by atoms with Gasteiger partial charge in [0.15, 0.2) is 0 Å². The summed E-state index contributed by atoms with van der Waals surface area (Å²) in [5.41, 5.74) is 1.54. The molecule has 0 radical (unpaired) electrons. The second kappa shape index (κ2) is 5.69. The average molecular weight is 306 g/mol. The molecule has 0 spiro atoms. The second-order valence-corrected chi connectivity index (χ2v) is 5.77. The van der Waals surface area contributed by atoms with Gasteiger partial charge in [-0.25, -0.2) is 9.78 Å². The molecule has 6 nitrogen and oxygen atoms in total. The Hall–Kier alpha value is -2.15. The molecular weight excluding hydrogens is 292 g/mol. The van der Waals surface area contributed by atoms with E-state index >= 15 is 0 Å². The molecule has 1 atom stereocenters. The lowest BCUT2D eigenvalue weighted by Crippen LogP contribution is -2.41. The third-order valence-corrected chi connectivity index (χ3v) is 4.45. The Morgan fingerprint density at radius 3 is 3.10 bits per heavy atom. The molecule has 1 fully saturated rings. The van der Waals surface area contributed by atoms with Crippen LogP contribution in [0.3, 0.4) is 0 Å². The zero-order chi connectivity index (χ0) is 14.8. The number of thiazole rings is 1. The molecular formula is C14H14N2O4S. The minimum Gasteiger partial charge on any atom is -0.480 e. The first-order chi connectivity index (χ1) is 10.1. The van der Waals surface area contributed by atoms with Crippen molar-refractivity contribution in [3.8, 4) is 10.6 Å². The van der Waals surface area contributed by atoms with Gasteiger partial charge in [-0.1, -0.05) is 0 Å². The third kappa shape index (κ3) is 2.82. The molecule has 1 aliphatic heterocycles. The van der Waals surface area contributed by atoms with E-state index in [2.05, 4.69) is 4.98 Å². The van der Waals surface area contributed by atoms with Gasteiger partial charge in [-0.05, 0) is 18.9 Å². The standard InChI is InChI=1S/C14H14N2O4S/c17-12(16-4-1-2-11(16)14(18)19)6-10-8-21-13(15-10)9-3-5-20-7-9/h3,5,7-8,11H,1-2,4,6H2,(H,18,19)/t11-/m0/s1. The first-order valence-electron chi connectivity index (χ1n) is 6.64. The number of hydrogen-bond acceptors (Lipinski definition) is 5. The summed E-state index contributed by atoms with van der Waals surface area (Å²) in [7, 11) is 0. The van der Waals surface area contributed by atoms with Crippen LogP contribution in [-0.4, -0.2) is 39.5 Å². The minimum atomic E-state index is -0.932. The number of amides is 1. The summed E-state index contributed by atoms with van der Waals surface area (Å²) in [6.07, 6.45) is 4.57. The molecule has 3 heterocycles. The quantitative estimate of drug-likeness (QED) is 0.934. The van der Waals surface area contributed by atoms with E-state index in [-0.39, 0.29) is 12.3 Å². The summed E-state index contributed by atoms with van der Waals surface area (Å²) < 4.78 is 5.01. The number of aliphatic carboxylic acids is 1. The summed E-state index contributed by atoms with van der Waals surface area (Å²) in [4.78, 5) is 29.2. The van der Waals surface area contributed by atoms with Crippen LogP contribution in [0, 0.1) is 0 Å². The van der Waals surface area contributed by atoms with Crippen molar-refractivity contribution in [2.75, 3.05) is 6.54 Å². The monoisotopic (exact) mass is 306 g/mol. The molecule has 2 aromatic heterocycles. The molecule has 0 aliphatic carbocycles. The van der Waals surface area contributed by atoms with E-state index in [0.29, 0.717) is 18.7 Å². The lowest BCUT2D eigenvalue weighted by Gasteiger charge is -2.20. The van der Waals surface area contributed by atoms with E-state index in [4.69, 9.17) is 9.52 Å². The zero-order valence-corrected chi connectivity index (χ0v) is 12.0. The Morgan fingerprint density at radius 2 is 2.38 bits per heavy atom. The van der Waals surface area contributed by atoms with Crippen LogP contribution >= 0.6 is 11.3 Å². The van der Waals surface area contributed by atoms with Gasteiger partial charge in [0, 0.05) is 17.5 Å². The predicted molar refractivity (Wildman–Crippen MR) is 75.9 cm³/mol. The van der Waals surface area contributed by atoms with E-state index in [1.165, 1.54) is 16.2 Å². The highest BCUT2D eigenvalue weighted by atomic mass is 32.1. The lowest BCUT2D eigenvalue weighted by atomic mass is 10.2. The number of carboxylic acids is 1. The fourth-order valence-electron chi connectivity index (χ4n) is 2.49. The van der Waals surface area contributed by atoms with Gasteiger partial charge in [0.25, 0.3) is 0 Å². The predicted octanol–water partition coefficient (Wildman–Crippen LogP) is 2.02. The average Bonchev–Trinajstić information content (AvgIpc) is 3.19. The van der Waals surface area contributed by atoms with Gasteiger partial charge in [0.2, 0.25) is 5.91 Å². The van der Waals surface area contributed by atoms with Crippen LogP contribution in [0.4, 0.5) is 0 Å². The smallest absolute Gasteiger partial charge is 0.326 e. The SMILES string of the molecule is O=C(O)[C@@H]1CCCN1C(=O)Cc1csc(-c2ccoc2)n1. The number of aromatic nitrogens is 1. The fourth-order valence-corrected chi connectivity index (χ4v) is 3.29. The Morgan fingerprint density at radius 1 is 1.52 bits per heavy atom. The maximum Gasteiger partial charge on any atom is 0.326 e. The summed E-state index contributed by atoms with van der Waals surface area (Å²) in [6, 6.07) is 1.12. The highest BCUT2D eigenvalue weighted by Gasteiger charge is 2.33. The first kappa shape index (κ1) is 13.8. The maximum atomic E-state index is 12.2. The van der Waals surface area contributed by atoms with Gasteiger partial charge in [-0.15, -0.1) is 11.3 Å². The summed E-state index contributed by atoms with van der Waals surface area (Å²) in [5.74, 6) is -1.11. The molecule has 1 amide bonds. The van der Waals surface area contributed by atoms with Crippen molar-refractivity contribution in [2.24, 2.45) is 0 Å². The van der Waals surface area contributed by atoms with Crippen molar-refractivity contribution >= 4 is 23.2 Å². The largest absolute Gasteiger partial charge is 0.480 e. The molecule has 1 saturated heterocycles. The topological polar surface area (TPSA) is 83.6 Å². The van der Waals surface area contributed by atoms with Crippen LogP contribution in [0.25, 0.3) is 10.6 Å².